The van der Waals surface area contributed by atoms with Crippen molar-refractivity contribution < 1.29 is 4.42 Å². The van der Waals surface area contributed by atoms with Gasteiger partial charge in [-0.2, -0.15) is 0 Å². The maximum absolute atomic E-state index is 5.60. The molecule has 1 aromatic carbocycles. The molecule has 1 nitrogen and oxygen atoms in total. The number of aryl methyl sites for hydroxylation is 1. The molecule has 0 bridgehead atoms. The third-order valence-electron chi connectivity index (χ3n) is 1.82. The van der Waals surface area contributed by atoms with E-state index in [9.17, 15) is 0 Å². The predicted octanol–water partition coefficient (Wildman–Crippen LogP) is 4.44. The summed E-state index contributed by atoms with van der Waals surface area (Å²) < 4.78 is 6.71. The fourth-order valence-corrected chi connectivity index (χ4v) is 1.78. The Kier molecular flexibility index (Phi) is 5.01. The molecule has 76 valence electrons. The molecule has 0 atom stereocenters. The second kappa shape index (κ2) is 6.06. The van der Waals surface area contributed by atoms with Crippen LogP contribution in [0.15, 0.2) is 34.7 Å². The van der Waals surface area contributed by atoms with Gasteiger partial charge < -0.3 is 4.42 Å². The molecule has 0 aliphatic carbocycles. The molecule has 1 heterocycles. The van der Waals surface area contributed by atoms with Crippen LogP contribution >= 0.6 is 22.6 Å². The molecule has 0 saturated heterocycles. The summed E-state index contributed by atoms with van der Waals surface area (Å²) in [5.74, 6) is 1.09. The number of fused-ring (bicyclic) bond motifs is 1. The Balaban J connectivity index is 0.000000461. The van der Waals surface area contributed by atoms with Crippen LogP contribution in [0, 0.1) is 0 Å². The van der Waals surface area contributed by atoms with Crippen LogP contribution in [0.3, 0.4) is 0 Å². The minimum absolute atomic E-state index is 0.998. The van der Waals surface area contributed by atoms with E-state index in [-0.39, 0.29) is 0 Å². The molecule has 0 fully saturated rings. The van der Waals surface area contributed by atoms with Gasteiger partial charge in [-0.25, -0.2) is 0 Å². The lowest BCUT2D eigenvalue weighted by Gasteiger charge is -1.86. The van der Waals surface area contributed by atoms with E-state index in [0.717, 1.165) is 22.2 Å². The summed E-state index contributed by atoms with van der Waals surface area (Å²) in [5.41, 5.74) is 0.998. The van der Waals surface area contributed by atoms with Crippen LogP contribution in [0.25, 0.3) is 11.0 Å². The molecule has 0 amide bonds. The Morgan fingerprint density at radius 3 is 2.57 bits per heavy atom. The van der Waals surface area contributed by atoms with Crippen LogP contribution in [0.4, 0.5) is 0 Å². The molecule has 0 aliphatic heterocycles. The van der Waals surface area contributed by atoms with Gasteiger partial charge in [0.25, 0.3) is 0 Å². The van der Waals surface area contributed by atoms with Crippen molar-refractivity contribution in [3.63, 3.8) is 0 Å². The summed E-state index contributed by atoms with van der Waals surface area (Å²) in [6, 6.07) is 10.2. The summed E-state index contributed by atoms with van der Waals surface area (Å²) in [5, 5.41) is 1.21. The third-order valence-corrected chi connectivity index (χ3v) is 2.36. The number of para-hydroxylation sites is 1. The summed E-state index contributed by atoms with van der Waals surface area (Å²) in [6.07, 6.45) is 1.02. The SMILES string of the molecule is CC.ICCc1cc2ccccc2o1. The molecule has 2 heteroatoms. The van der Waals surface area contributed by atoms with E-state index >= 15 is 0 Å². The lowest BCUT2D eigenvalue weighted by atomic mass is 10.2. The van der Waals surface area contributed by atoms with Crippen molar-refractivity contribution in [3.8, 4) is 0 Å². The first-order valence-electron chi connectivity index (χ1n) is 4.93. The molecule has 14 heavy (non-hydrogen) atoms. The van der Waals surface area contributed by atoms with Gasteiger partial charge in [0.05, 0.1) is 0 Å². The topological polar surface area (TPSA) is 13.1 Å². The predicted molar refractivity (Wildman–Crippen MR) is 70.2 cm³/mol. The van der Waals surface area contributed by atoms with Crippen molar-refractivity contribution in [3.05, 3.63) is 36.1 Å². The third kappa shape index (κ3) is 2.74. The van der Waals surface area contributed by atoms with Gasteiger partial charge in [-0.05, 0) is 12.1 Å². The highest BCUT2D eigenvalue weighted by Crippen LogP contribution is 2.19. The Labute approximate surface area is 98.6 Å². The lowest BCUT2D eigenvalue weighted by Crippen LogP contribution is -1.78. The second-order valence-corrected chi connectivity index (χ2v) is 3.77. The van der Waals surface area contributed by atoms with Gasteiger partial charge >= 0.3 is 0 Å². The van der Waals surface area contributed by atoms with E-state index in [1.807, 2.05) is 32.0 Å². The maximum Gasteiger partial charge on any atom is 0.134 e. The molecule has 0 saturated carbocycles. The summed E-state index contributed by atoms with van der Waals surface area (Å²) in [7, 11) is 0. The molecule has 1 aromatic heterocycles. The van der Waals surface area contributed by atoms with Crippen LogP contribution in [-0.2, 0) is 6.42 Å². The number of hydrogen-bond acceptors (Lipinski definition) is 1. The van der Waals surface area contributed by atoms with E-state index < -0.39 is 0 Å². The van der Waals surface area contributed by atoms with Crippen molar-refractivity contribution in [1.29, 1.82) is 0 Å². The molecule has 0 spiro atoms. The first-order chi connectivity index (χ1) is 6.90. The largest absolute Gasteiger partial charge is 0.461 e. The Hall–Kier alpha value is -0.510. The van der Waals surface area contributed by atoms with Gasteiger partial charge in [0, 0.05) is 16.2 Å². The number of rotatable bonds is 2. The Morgan fingerprint density at radius 2 is 1.93 bits per heavy atom. The maximum atomic E-state index is 5.60. The minimum atomic E-state index is 0.998. The minimum Gasteiger partial charge on any atom is -0.461 e. The Morgan fingerprint density at radius 1 is 1.21 bits per heavy atom. The van der Waals surface area contributed by atoms with Gasteiger partial charge in [0.1, 0.15) is 11.3 Å². The van der Waals surface area contributed by atoms with Crippen molar-refractivity contribution in [2.24, 2.45) is 0 Å². The van der Waals surface area contributed by atoms with Crippen molar-refractivity contribution >= 4 is 33.6 Å². The number of benzene rings is 1. The fraction of sp³-hybridized carbons (Fsp3) is 0.333. The van der Waals surface area contributed by atoms with E-state index in [2.05, 4.69) is 34.7 Å². The second-order valence-electron chi connectivity index (χ2n) is 2.69. The Bertz CT molecular complexity index is 345. The molecular formula is C12H15IO. The number of alkyl halides is 1. The highest BCUT2D eigenvalue weighted by molar-refractivity contribution is 14.1. The molecule has 0 N–H and O–H groups in total. The molecular weight excluding hydrogens is 287 g/mol. The van der Waals surface area contributed by atoms with Crippen LogP contribution in [-0.4, -0.2) is 4.43 Å². The average Bonchev–Trinajstić information content (AvgIpc) is 2.63. The number of hydrogen-bond donors (Lipinski definition) is 0. The van der Waals surface area contributed by atoms with Crippen molar-refractivity contribution in [2.45, 2.75) is 20.3 Å². The van der Waals surface area contributed by atoms with Crippen molar-refractivity contribution in [2.75, 3.05) is 4.43 Å². The monoisotopic (exact) mass is 302 g/mol. The van der Waals surface area contributed by atoms with Gasteiger partial charge in [-0.1, -0.05) is 54.6 Å². The van der Waals surface area contributed by atoms with E-state index in [4.69, 9.17) is 4.42 Å². The van der Waals surface area contributed by atoms with Gasteiger partial charge in [0.15, 0.2) is 0 Å². The zero-order valence-electron chi connectivity index (χ0n) is 8.59. The zero-order chi connectivity index (χ0) is 10.4. The first-order valence-corrected chi connectivity index (χ1v) is 6.46. The van der Waals surface area contributed by atoms with Crippen LogP contribution in [0.2, 0.25) is 0 Å². The molecule has 2 rings (SSSR count). The van der Waals surface area contributed by atoms with E-state index in [1.165, 1.54) is 5.39 Å². The summed E-state index contributed by atoms with van der Waals surface area (Å²) in [6.45, 7) is 4.00. The van der Waals surface area contributed by atoms with Crippen molar-refractivity contribution in [1.82, 2.24) is 0 Å². The quantitative estimate of drug-likeness (QED) is 0.590. The molecule has 2 aromatic rings. The zero-order valence-corrected chi connectivity index (χ0v) is 10.7. The highest BCUT2D eigenvalue weighted by atomic mass is 127. The molecule has 0 aliphatic rings. The van der Waals surface area contributed by atoms with E-state index in [0.29, 0.717) is 0 Å². The smallest absolute Gasteiger partial charge is 0.134 e. The average molecular weight is 302 g/mol. The molecule has 0 radical (unpaired) electrons. The number of halogens is 1. The van der Waals surface area contributed by atoms with Gasteiger partial charge in [0.2, 0.25) is 0 Å². The van der Waals surface area contributed by atoms with E-state index in [1.54, 1.807) is 0 Å². The number of furan rings is 1. The fourth-order valence-electron chi connectivity index (χ4n) is 1.25. The first kappa shape index (κ1) is 11.6. The van der Waals surface area contributed by atoms with Crippen LogP contribution in [0.5, 0.6) is 0 Å². The molecule has 0 unspecified atom stereocenters. The van der Waals surface area contributed by atoms with Crippen LogP contribution < -0.4 is 0 Å². The van der Waals surface area contributed by atoms with Gasteiger partial charge in [-0.3, -0.25) is 0 Å². The highest BCUT2D eigenvalue weighted by Gasteiger charge is 2.00. The van der Waals surface area contributed by atoms with Gasteiger partial charge in [-0.15, -0.1) is 0 Å². The normalized spacial score (nSPS) is 9.64. The van der Waals surface area contributed by atoms with Crippen LogP contribution in [0.1, 0.15) is 19.6 Å². The summed E-state index contributed by atoms with van der Waals surface area (Å²) in [4.78, 5) is 0. The lowest BCUT2D eigenvalue weighted by molar-refractivity contribution is 0.559. The summed E-state index contributed by atoms with van der Waals surface area (Å²) >= 11 is 2.36. The standard InChI is InChI=1S/C10H9IO.C2H6/c11-6-5-9-7-8-3-1-2-4-10(8)12-9;1-2/h1-4,7H,5-6H2;1-2H3.